The lowest BCUT2D eigenvalue weighted by Gasteiger charge is -2.26. The van der Waals surface area contributed by atoms with Gasteiger partial charge in [-0.3, -0.25) is 0 Å². The van der Waals surface area contributed by atoms with E-state index >= 15 is 0 Å². The zero-order valence-corrected chi connectivity index (χ0v) is 13.7. The fourth-order valence-corrected chi connectivity index (χ4v) is 2.94. The van der Waals surface area contributed by atoms with Crippen molar-refractivity contribution in [1.29, 1.82) is 0 Å². The maximum absolute atomic E-state index is 12.4. The van der Waals surface area contributed by atoms with Crippen molar-refractivity contribution in [2.45, 2.75) is 32.1 Å². The first-order valence-electron chi connectivity index (χ1n) is 8.22. The minimum atomic E-state index is -0.275. The van der Waals surface area contributed by atoms with Crippen LogP contribution in [-0.2, 0) is 9.63 Å². The molecule has 0 radical (unpaired) electrons. The van der Waals surface area contributed by atoms with E-state index in [4.69, 9.17) is 9.57 Å². The molecule has 1 atom stereocenters. The van der Waals surface area contributed by atoms with E-state index in [0.29, 0.717) is 0 Å². The van der Waals surface area contributed by atoms with Crippen LogP contribution in [0.3, 0.4) is 0 Å². The Morgan fingerprint density at radius 1 is 1.04 bits per heavy atom. The largest absolute Gasteiger partial charge is 0.497 e. The van der Waals surface area contributed by atoms with Crippen molar-refractivity contribution < 1.29 is 14.4 Å². The second-order valence-electron chi connectivity index (χ2n) is 6.09. The van der Waals surface area contributed by atoms with Crippen molar-refractivity contribution in [2.75, 3.05) is 20.2 Å². The van der Waals surface area contributed by atoms with Crippen molar-refractivity contribution in [2.24, 2.45) is 0 Å². The van der Waals surface area contributed by atoms with E-state index in [1.807, 2.05) is 37.3 Å². The molecule has 1 unspecified atom stereocenters. The Morgan fingerprint density at radius 3 is 2.48 bits per heavy atom. The summed E-state index contributed by atoms with van der Waals surface area (Å²) >= 11 is 0. The standard InChI is InChI=1S/C19H23NO3/c1-14(19(21)23-20-10-4-3-5-11-20)15-6-7-17-13-18(22-2)9-8-16(17)12-15/h6-9,12-14H,3-5,10-11H2,1-2H3. The fourth-order valence-electron chi connectivity index (χ4n) is 2.94. The molecule has 1 heterocycles. The quantitative estimate of drug-likeness (QED) is 0.858. The highest BCUT2D eigenvalue weighted by atomic mass is 16.7. The van der Waals surface area contributed by atoms with Gasteiger partial charge in [-0.25, -0.2) is 4.79 Å². The topological polar surface area (TPSA) is 38.8 Å². The summed E-state index contributed by atoms with van der Waals surface area (Å²) in [5.74, 6) is 0.381. The van der Waals surface area contributed by atoms with Crippen LogP contribution < -0.4 is 4.74 Å². The smallest absolute Gasteiger partial charge is 0.332 e. The van der Waals surface area contributed by atoms with Crippen molar-refractivity contribution in [3.05, 3.63) is 42.0 Å². The molecule has 0 amide bonds. The third-order valence-electron chi connectivity index (χ3n) is 4.46. The van der Waals surface area contributed by atoms with E-state index in [1.165, 1.54) is 6.42 Å². The Kier molecular flexibility index (Phi) is 4.82. The second-order valence-corrected chi connectivity index (χ2v) is 6.09. The number of hydrogen-bond acceptors (Lipinski definition) is 4. The Morgan fingerprint density at radius 2 is 1.74 bits per heavy atom. The van der Waals surface area contributed by atoms with Crippen LogP contribution in [0, 0.1) is 0 Å². The minimum absolute atomic E-state index is 0.181. The molecule has 2 aromatic carbocycles. The number of nitrogens with zero attached hydrogens (tertiary/aromatic N) is 1. The van der Waals surface area contributed by atoms with E-state index in [1.54, 1.807) is 12.2 Å². The zero-order valence-electron chi connectivity index (χ0n) is 13.7. The predicted molar refractivity (Wildman–Crippen MR) is 90.4 cm³/mol. The van der Waals surface area contributed by atoms with Gasteiger partial charge in [0.2, 0.25) is 0 Å². The van der Waals surface area contributed by atoms with Gasteiger partial charge in [0.05, 0.1) is 13.0 Å². The molecule has 1 aliphatic rings. The van der Waals surface area contributed by atoms with Crippen molar-refractivity contribution in [3.8, 4) is 5.75 Å². The Balaban J connectivity index is 1.74. The first-order chi connectivity index (χ1) is 11.2. The van der Waals surface area contributed by atoms with Crippen LogP contribution in [0.4, 0.5) is 0 Å². The third kappa shape index (κ3) is 3.64. The van der Waals surface area contributed by atoms with E-state index in [9.17, 15) is 4.79 Å². The second kappa shape index (κ2) is 7.01. The molecule has 1 saturated heterocycles. The van der Waals surface area contributed by atoms with E-state index in [2.05, 4.69) is 6.07 Å². The number of ether oxygens (including phenoxy) is 1. The molecule has 0 aromatic heterocycles. The van der Waals surface area contributed by atoms with Gasteiger partial charge in [0.15, 0.2) is 0 Å². The number of hydrogen-bond donors (Lipinski definition) is 0. The number of piperidine rings is 1. The van der Waals surface area contributed by atoms with Crippen LogP contribution in [-0.4, -0.2) is 31.2 Å². The monoisotopic (exact) mass is 313 g/mol. The first-order valence-corrected chi connectivity index (χ1v) is 8.22. The lowest BCUT2D eigenvalue weighted by Crippen LogP contribution is -2.33. The summed E-state index contributed by atoms with van der Waals surface area (Å²) < 4.78 is 5.24. The van der Waals surface area contributed by atoms with Crippen LogP contribution in [0.5, 0.6) is 5.75 Å². The molecular weight excluding hydrogens is 290 g/mol. The molecule has 0 N–H and O–H groups in total. The molecule has 23 heavy (non-hydrogen) atoms. The number of carbonyl (C=O) groups is 1. The average Bonchev–Trinajstić information content (AvgIpc) is 2.61. The number of benzene rings is 2. The molecule has 122 valence electrons. The summed E-state index contributed by atoms with van der Waals surface area (Å²) in [5, 5.41) is 4.00. The number of carbonyl (C=O) groups excluding carboxylic acids is 1. The molecular formula is C19H23NO3. The lowest BCUT2D eigenvalue weighted by atomic mass is 9.98. The molecule has 0 spiro atoms. The number of fused-ring (bicyclic) bond motifs is 1. The van der Waals surface area contributed by atoms with Gasteiger partial charge in [-0.15, -0.1) is 5.06 Å². The minimum Gasteiger partial charge on any atom is -0.497 e. The van der Waals surface area contributed by atoms with Crippen molar-refractivity contribution in [1.82, 2.24) is 5.06 Å². The maximum atomic E-state index is 12.4. The van der Waals surface area contributed by atoms with Gasteiger partial charge in [0.1, 0.15) is 5.75 Å². The summed E-state index contributed by atoms with van der Waals surface area (Å²) in [6.45, 7) is 3.59. The van der Waals surface area contributed by atoms with Crippen molar-refractivity contribution >= 4 is 16.7 Å². The highest BCUT2D eigenvalue weighted by Crippen LogP contribution is 2.26. The fraction of sp³-hybridized carbons (Fsp3) is 0.421. The average molecular weight is 313 g/mol. The lowest BCUT2D eigenvalue weighted by molar-refractivity contribution is -0.195. The molecule has 3 rings (SSSR count). The number of hydroxylamine groups is 2. The first kappa shape index (κ1) is 15.8. The Bertz CT molecular complexity index is 692. The normalized spacial score (nSPS) is 17.0. The number of rotatable bonds is 4. The Labute approximate surface area is 136 Å². The predicted octanol–water partition coefficient (Wildman–Crippen LogP) is 3.90. The summed E-state index contributed by atoms with van der Waals surface area (Å²) in [6.07, 6.45) is 3.41. The van der Waals surface area contributed by atoms with E-state index in [-0.39, 0.29) is 11.9 Å². The highest BCUT2D eigenvalue weighted by Gasteiger charge is 2.21. The molecule has 4 nitrogen and oxygen atoms in total. The van der Waals surface area contributed by atoms with Gasteiger partial charge in [0.25, 0.3) is 0 Å². The van der Waals surface area contributed by atoms with Gasteiger partial charge in [-0.2, -0.15) is 0 Å². The maximum Gasteiger partial charge on any atom is 0.332 e. The molecule has 1 aliphatic heterocycles. The van der Waals surface area contributed by atoms with Crippen molar-refractivity contribution in [3.63, 3.8) is 0 Å². The Hall–Kier alpha value is -2.07. The van der Waals surface area contributed by atoms with Gasteiger partial charge in [-0.1, -0.05) is 30.7 Å². The van der Waals surface area contributed by atoms with Gasteiger partial charge in [0, 0.05) is 13.1 Å². The molecule has 2 aromatic rings. The van der Waals surface area contributed by atoms with Gasteiger partial charge in [-0.05, 0) is 48.2 Å². The van der Waals surface area contributed by atoms with Crippen LogP contribution in [0.25, 0.3) is 10.8 Å². The molecule has 1 fully saturated rings. The summed E-state index contributed by atoms with van der Waals surface area (Å²) in [6, 6.07) is 12.0. The highest BCUT2D eigenvalue weighted by molar-refractivity contribution is 5.86. The number of methoxy groups -OCH3 is 1. The summed E-state index contributed by atoms with van der Waals surface area (Å²) in [5.41, 5.74) is 0.977. The molecule has 0 bridgehead atoms. The van der Waals surface area contributed by atoms with E-state index in [0.717, 1.165) is 48.0 Å². The van der Waals surface area contributed by atoms with Crippen LogP contribution >= 0.6 is 0 Å². The van der Waals surface area contributed by atoms with Gasteiger partial charge < -0.3 is 9.57 Å². The molecule has 0 saturated carbocycles. The summed E-state index contributed by atoms with van der Waals surface area (Å²) in [7, 11) is 1.66. The SMILES string of the molecule is COc1ccc2cc(C(C)C(=O)ON3CCCCC3)ccc2c1. The van der Waals surface area contributed by atoms with E-state index < -0.39 is 0 Å². The third-order valence-corrected chi connectivity index (χ3v) is 4.46. The molecule has 0 aliphatic carbocycles. The van der Waals surface area contributed by atoms with Crippen LogP contribution in [0.2, 0.25) is 0 Å². The van der Waals surface area contributed by atoms with Crippen LogP contribution in [0.15, 0.2) is 36.4 Å². The zero-order chi connectivity index (χ0) is 16.2. The van der Waals surface area contributed by atoms with Crippen LogP contribution in [0.1, 0.15) is 37.7 Å². The summed E-state index contributed by atoms with van der Waals surface area (Å²) in [4.78, 5) is 17.9. The molecule has 4 heteroatoms. The van der Waals surface area contributed by atoms with Gasteiger partial charge >= 0.3 is 5.97 Å².